The van der Waals surface area contributed by atoms with Crippen molar-refractivity contribution in [1.82, 2.24) is 15.1 Å². The molecule has 4 nitrogen and oxygen atoms in total. The first-order chi connectivity index (χ1) is 7.17. The molecule has 0 radical (unpaired) electrons. The summed E-state index contributed by atoms with van der Waals surface area (Å²) in [7, 11) is 1.92. The summed E-state index contributed by atoms with van der Waals surface area (Å²) in [4.78, 5) is 0. The number of aryl methyl sites for hydroxylation is 1. The molecule has 1 aromatic rings. The molecule has 0 saturated heterocycles. The summed E-state index contributed by atoms with van der Waals surface area (Å²) in [6, 6.07) is 0.667. The van der Waals surface area contributed by atoms with Crippen molar-refractivity contribution in [3.8, 4) is 0 Å². The fraction of sp³-hybridized carbons (Fsp3) is 0.727. The van der Waals surface area contributed by atoms with Crippen molar-refractivity contribution in [1.29, 1.82) is 0 Å². The fourth-order valence-electron chi connectivity index (χ4n) is 1.67. The van der Waals surface area contributed by atoms with Gasteiger partial charge in [0, 0.05) is 37.5 Å². The number of aliphatic hydroxyl groups excluding tert-OH is 1. The Morgan fingerprint density at radius 2 is 2.33 bits per heavy atom. The highest BCUT2D eigenvalue weighted by atomic mass is 16.3. The first-order valence-corrected chi connectivity index (χ1v) is 5.52. The van der Waals surface area contributed by atoms with Crippen LogP contribution in [0.2, 0.25) is 0 Å². The third-order valence-corrected chi connectivity index (χ3v) is 2.68. The van der Waals surface area contributed by atoms with Gasteiger partial charge in [-0.25, -0.2) is 0 Å². The number of hydrogen-bond donors (Lipinski definition) is 2. The number of aromatic nitrogens is 2. The molecule has 1 aromatic heterocycles. The molecule has 1 heterocycles. The molecule has 0 amide bonds. The second-order valence-corrected chi connectivity index (χ2v) is 3.95. The van der Waals surface area contributed by atoms with E-state index in [1.54, 1.807) is 4.68 Å². The zero-order valence-electron chi connectivity index (χ0n) is 9.77. The summed E-state index contributed by atoms with van der Waals surface area (Å²) in [6.07, 6.45) is 5.74. The third kappa shape index (κ3) is 3.64. The van der Waals surface area contributed by atoms with E-state index in [0.29, 0.717) is 6.04 Å². The zero-order chi connectivity index (χ0) is 11.3. The maximum atomic E-state index is 8.90. The Morgan fingerprint density at radius 3 is 2.80 bits per heavy atom. The van der Waals surface area contributed by atoms with Crippen LogP contribution in [-0.4, -0.2) is 27.5 Å². The SMILES string of the molecule is CCC(CCO)NC(C)c1cnn(C)c1. The second kappa shape index (κ2) is 5.88. The highest BCUT2D eigenvalue weighted by Crippen LogP contribution is 2.13. The van der Waals surface area contributed by atoms with Gasteiger partial charge in [0.05, 0.1) is 6.20 Å². The van der Waals surface area contributed by atoms with Crippen LogP contribution < -0.4 is 5.32 Å². The predicted octanol–water partition coefficient (Wildman–Crippen LogP) is 1.23. The van der Waals surface area contributed by atoms with Crippen LogP contribution in [0.25, 0.3) is 0 Å². The molecule has 0 bridgehead atoms. The zero-order valence-corrected chi connectivity index (χ0v) is 9.77. The molecule has 0 aliphatic heterocycles. The Balaban J connectivity index is 2.50. The van der Waals surface area contributed by atoms with Gasteiger partial charge in [0.25, 0.3) is 0 Å². The maximum absolute atomic E-state index is 8.90. The molecular formula is C11H21N3O. The second-order valence-electron chi connectivity index (χ2n) is 3.95. The molecule has 86 valence electrons. The largest absolute Gasteiger partial charge is 0.396 e. The van der Waals surface area contributed by atoms with Crippen LogP contribution in [0, 0.1) is 0 Å². The lowest BCUT2D eigenvalue weighted by Gasteiger charge is -2.20. The summed E-state index contributed by atoms with van der Waals surface area (Å²) in [6.45, 7) is 4.49. The van der Waals surface area contributed by atoms with Crippen LogP contribution in [0.1, 0.15) is 38.3 Å². The molecule has 4 heteroatoms. The van der Waals surface area contributed by atoms with Crippen LogP contribution in [-0.2, 0) is 7.05 Å². The quantitative estimate of drug-likeness (QED) is 0.744. The number of nitrogens with one attached hydrogen (secondary N) is 1. The van der Waals surface area contributed by atoms with Crippen molar-refractivity contribution >= 4 is 0 Å². The smallest absolute Gasteiger partial charge is 0.0537 e. The Bertz CT molecular complexity index is 285. The molecule has 0 saturated carbocycles. The van der Waals surface area contributed by atoms with Crippen molar-refractivity contribution < 1.29 is 5.11 Å². The Morgan fingerprint density at radius 1 is 1.60 bits per heavy atom. The van der Waals surface area contributed by atoms with E-state index in [1.807, 2.05) is 19.4 Å². The average Bonchev–Trinajstić information content (AvgIpc) is 2.64. The van der Waals surface area contributed by atoms with Crippen molar-refractivity contribution in [2.24, 2.45) is 7.05 Å². The van der Waals surface area contributed by atoms with Crippen molar-refractivity contribution in [3.63, 3.8) is 0 Å². The maximum Gasteiger partial charge on any atom is 0.0537 e. The van der Waals surface area contributed by atoms with E-state index in [1.165, 1.54) is 5.56 Å². The molecule has 0 spiro atoms. The number of rotatable bonds is 6. The Kier molecular flexibility index (Phi) is 4.78. The van der Waals surface area contributed by atoms with Gasteiger partial charge in [0.1, 0.15) is 0 Å². The van der Waals surface area contributed by atoms with Gasteiger partial charge in [0.2, 0.25) is 0 Å². The van der Waals surface area contributed by atoms with Crippen LogP contribution in [0.15, 0.2) is 12.4 Å². The molecule has 0 aromatic carbocycles. The highest BCUT2D eigenvalue weighted by Gasteiger charge is 2.12. The van der Waals surface area contributed by atoms with E-state index < -0.39 is 0 Å². The summed E-state index contributed by atoms with van der Waals surface area (Å²) in [5.74, 6) is 0. The Hall–Kier alpha value is -0.870. The third-order valence-electron chi connectivity index (χ3n) is 2.68. The standard InChI is InChI=1S/C11H21N3O/c1-4-11(5-6-15)13-9(2)10-7-12-14(3)8-10/h7-9,11,13,15H,4-6H2,1-3H3. The Labute approximate surface area is 91.3 Å². The minimum atomic E-state index is 0.241. The van der Waals surface area contributed by atoms with Crippen molar-refractivity contribution in [2.45, 2.75) is 38.8 Å². The minimum Gasteiger partial charge on any atom is -0.396 e. The number of hydrogen-bond acceptors (Lipinski definition) is 3. The van der Waals surface area contributed by atoms with E-state index in [9.17, 15) is 0 Å². The molecule has 2 unspecified atom stereocenters. The van der Waals surface area contributed by atoms with Gasteiger partial charge in [-0.15, -0.1) is 0 Å². The first-order valence-electron chi connectivity index (χ1n) is 5.52. The topological polar surface area (TPSA) is 50.1 Å². The lowest BCUT2D eigenvalue weighted by Crippen LogP contribution is -2.31. The first kappa shape index (κ1) is 12.2. The van der Waals surface area contributed by atoms with Crippen LogP contribution in [0.3, 0.4) is 0 Å². The van der Waals surface area contributed by atoms with Crippen LogP contribution in [0.4, 0.5) is 0 Å². The van der Waals surface area contributed by atoms with E-state index >= 15 is 0 Å². The molecule has 2 atom stereocenters. The molecule has 2 N–H and O–H groups in total. The fourth-order valence-corrected chi connectivity index (χ4v) is 1.67. The monoisotopic (exact) mass is 211 g/mol. The summed E-state index contributed by atoms with van der Waals surface area (Å²) in [5.41, 5.74) is 1.19. The summed E-state index contributed by atoms with van der Waals surface area (Å²) >= 11 is 0. The summed E-state index contributed by atoms with van der Waals surface area (Å²) < 4.78 is 1.81. The predicted molar refractivity (Wildman–Crippen MR) is 60.5 cm³/mol. The van der Waals surface area contributed by atoms with Gasteiger partial charge in [-0.3, -0.25) is 4.68 Å². The van der Waals surface area contributed by atoms with E-state index in [4.69, 9.17) is 5.11 Å². The van der Waals surface area contributed by atoms with Gasteiger partial charge < -0.3 is 10.4 Å². The van der Waals surface area contributed by atoms with Crippen molar-refractivity contribution in [2.75, 3.05) is 6.61 Å². The number of nitrogens with zero attached hydrogens (tertiary/aromatic N) is 2. The van der Waals surface area contributed by atoms with Gasteiger partial charge >= 0.3 is 0 Å². The van der Waals surface area contributed by atoms with E-state index in [-0.39, 0.29) is 12.6 Å². The molecule has 1 rings (SSSR count). The lowest BCUT2D eigenvalue weighted by atomic mass is 10.1. The molecule has 0 aliphatic carbocycles. The van der Waals surface area contributed by atoms with Gasteiger partial charge in [-0.05, 0) is 19.8 Å². The molecule has 0 fully saturated rings. The molecular weight excluding hydrogens is 190 g/mol. The average molecular weight is 211 g/mol. The van der Waals surface area contributed by atoms with E-state index in [2.05, 4.69) is 24.3 Å². The minimum absolute atomic E-state index is 0.241. The van der Waals surface area contributed by atoms with Gasteiger partial charge in [0.15, 0.2) is 0 Å². The number of aliphatic hydroxyl groups is 1. The molecule has 0 aliphatic rings. The van der Waals surface area contributed by atoms with Crippen LogP contribution in [0.5, 0.6) is 0 Å². The van der Waals surface area contributed by atoms with Crippen molar-refractivity contribution in [3.05, 3.63) is 18.0 Å². The lowest BCUT2D eigenvalue weighted by molar-refractivity contribution is 0.257. The van der Waals surface area contributed by atoms with Gasteiger partial charge in [-0.1, -0.05) is 6.92 Å². The van der Waals surface area contributed by atoms with E-state index in [0.717, 1.165) is 12.8 Å². The van der Waals surface area contributed by atoms with Crippen LogP contribution >= 0.6 is 0 Å². The molecule has 15 heavy (non-hydrogen) atoms. The normalized spacial score (nSPS) is 15.2. The van der Waals surface area contributed by atoms with Gasteiger partial charge in [-0.2, -0.15) is 5.10 Å². The summed E-state index contributed by atoms with van der Waals surface area (Å²) in [5, 5.41) is 16.5. The highest BCUT2D eigenvalue weighted by molar-refractivity contribution is 5.09.